The molecule has 0 amide bonds. The molecule has 0 radical (unpaired) electrons. The first-order chi connectivity index (χ1) is 6.79. The molecule has 1 saturated heterocycles. The number of hydrogen-bond donors (Lipinski definition) is 1. The molecule has 0 bridgehead atoms. The molecule has 0 saturated carbocycles. The van der Waals surface area contributed by atoms with Crippen molar-refractivity contribution < 1.29 is 9.84 Å². The predicted octanol–water partition coefficient (Wildman–Crippen LogP) is 1.63. The van der Waals surface area contributed by atoms with Gasteiger partial charge in [0.1, 0.15) is 5.60 Å². The Morgan fingerprint density at radius 2 is 2.21 bits per heavy atom. The quantitative estimate of drug-likeness (QED) is 0.732. The molecule has 0 aliphatic carbocycles. The Balaban J connectivity index is 2.20. The summed E-state index contributed by atoms with van der Waals surface area (Å²) in [5, 5.41) is 9.13. The molecule has 1 heterocycles. The van der Waals surface area contributed by atoms with E-state index in [9.17, 15) is 0 Å². The maximum atomic E-state index is 9.13. The fourth-order valence-electron chi connectivity index (χ4n) is 1.59. The molecule has 0 unspecified atom stereocenters. The molecule has 14 heavy (non-hydrogen) atoms. The van der Waals surface area contributed by atoms with Crippen LogP contribution in [0.5, 0.6) is 0 Å². The molecule has 2 nitrogen and oxygen atoms in total. The average molecular weight is 190 g/mol. The highest BCUT2D eigenvalue weighted by Gasteiger charge is 2.44. The fourth-order valence-corrected chi connectivity index (χ4v) is 1.59. The Morgan fingerprint density at radius 1 is 1.50 bits per heavy atom. The smallest absolute Gasteiger partial charge is 0.119 e. The van der Waals surface area contributed by atoms with E-state index >= 15 is 0 Å². The van der Waals surface area contributed by atoms with Crippen LogP contribution >= 0.6 is 0 Å². The van der Waals surface area contributed by atoms with Gasteiger partial charge in [0.15, 0.2) is 0 Å². The molecule has 1 atom stereocenters. The summed E-state index contributed by atoms with van der Waals surface area (Å²) in [6.07, 6.45) is 2.61. The standard InChI is InChI=1S/C12H14O2/c1-2-10-5-3-4-6-11(10)7-12(8-13)9-14-12/h2-6,13H,1,7-9H2/t12-/m1/s1. The summed E-state index contributed by atoms with van der Waals surface area (Å²) in [6.45, 7) is 4.52. The maximum Gasteiger partial charge on any atom is 0.119 e. The van der Waals surface area contributed by atoms with Gasteiger partial charge in [-0.25, -0.2) is 0 Å². The normalized spacial score (nSPS) is 24.6. The lowest BCUT2D eigenvalue weighted by Crippen LogP contribution is -2.20. The van der Waals surface area contributed by atoms with E-state index in [1.807, 2.05) is 24.3 Å². The van der Waals surface area contributed by atoms with Gasteiger partial charge in [-0.2, -0.15) is 0 Å². The third kappa shape index (κ3) is 1.72. The van der Waals surface area contributed by atoms with Crippen LogP contribution < -0.4 is 0 Å². The molecule has 1 aromatic carbocycles. The summed E-state index contributed by atoms with van der Waals surface area (Å²) in [5.41, 5.74) is 2.00. The molecule has 0 aromatic heterocycles. The van der Waals surface area contributed by atoms with Crippen molar-refractivity contribution in [1.29, 1.82) is 0 Å². The molecule has 1 aliphatic rings. The first kappa shape index (κ1) is 9.44. The molecular weight excluding hydrogens is 176 g/mol. The number of ether oxygens (including phenoxy) is 1. The van der Waals surface area contributed by atoms with Gasteiger partial charge in [0.05, 0.1) is 13.2 Å². The number of benzene rings is 1. The summed E-state index contributed by atoms with van der Waals surface area (Å²) in [5.74, 6) is 0. The minimum atomic E-state index is -0.306. The Morgan fingerprint density at radius 3 is 2.79 bits per heavy atom. The molecule has 2 rings (SSSR count). The van der Waals surface area contributed by atoms with Gasteiger partial charge in [-0.3, -0.25) is 0 Å². The SMILES string of the molecule is C=Cc1ccccc1C[C@@]1(CO)CO1. The van der Waals surface area contributed by atoms with Crippen LogP contribution in [0.4, 0.5) is 0 Å². The van der Waals surface area contributed by atoms with E-state index in [-0.39, 0.29) is 12.2 Å². The van der Waals surface area contributed by atoms with Crippen LogP contribution in [-0.4, -0.2) is 23.9 Å². The van der Waals surface area contributed by atoms with Crippen LogP contribution in [-0.2, 0) is 11.2 Å². The first-order valence-corrected chi connectivity index (χ1v) is 4.75. The van der Waals surface area contributed by atoms with Crippen molar-refractivity contribution in [3.8, 4) is 0 Å². The van der Waals surface area contributed by atoms with E-state index in [2.05, 4.69) is 12.6 Å². The van der Waals surface area contributed by atoms with Crippen molar-refractivity contribution in [2.24, 2.45) is 0 Å². The van der Waals surface area contributed by atoms with Gasteiger partial charge in [-0.1, -0.05) is 36.9 Å². The molecule has 1 N–H and O–H groups in total. The lowest BCUT2D eigenvalue weighted by atomic mass is 9.96. The maximum absolute atomic E-state index is 9.13. The summed E-state index contributed by atoms with van der Waals surface area (Å²) < 4.78 is 5.26. The van der Waals surface area contributed by atoms with E-state index in [1.165, 1.54) is 5.56 Å². The van der Waals surface area contributed by atoms with E-state index in [0.29, 0.717) is 6.61 Å². The van der Waals surface area contributed by atoms with E-state index in [4.69, 9.17) is 9.84 Å². The summed E-state index contributed by atoms with van der Waals surface area (Å²) in [4.78, 5) is 0. The zero-order valence-electron chi connectivity index (χ0n) is 8.07. The lowest BCUT2D eigenvalue weighted by molar-refractivity contribution is 0.171. The Kier molecular flexibility index (Phi) is 2.40. The Bertz CT molecular complexity index is 340. The number of aliphatic hydroxyl groups is 1. The van der Waals surface area contributed by atoms with Crippen molar-refractivity contribution in [3.05, 3.63) is 42.0 Å². The largest absolute Gasteiger partial charge is 0.393 e. The van der Waals surface area contributed by atoms with Crippen molar-refractivity contribution in [2.45, 2.75) is 12.0 Å². The third-order valence-corrected chi connectivity index (χ3v) is 2.63. The number of aliphatic hydroxyl groups excluding tert-OH is 1. The number of rotatable bonds is 4. The molecular formula is C12H14O2. The molecule has 0 spiro atoms. The second-order valence-electron chi connectivity index (χ2n) is 3.71. The average Bonchev–Trinajstić information content (AvgIpc) is 2.99. The van der Waals surface area contributed by atoms with E-state index in [1.54, 1.807) is 0 Å². The molecule has 74 valence electrons. The van der Waals surface area contributed by atoms with Crippen molar-refractivity contribution in [2.75, 3.05) is 13.2 Å². The van der Waals surface area contributed by atoms with Crippen molar-refractivity contribution in [1.82, 2.24) is 0 Å². The highest BCUT2D eigenvalue weighted by Crippen LogP contribution is 2.31. The van der Waals surface area contributed by atoms with Crippen LogP contribution in [0.15, 0.2) is 30.8 Å². The van der Waals surface area contributed by atoms with Gasteiger partial charge < -0.3 is 9.84 Å². The first-order valence-electron chi connectivity index (χ1n) is 4.75. The number of hydrogen-bond acceptors (Lipinski definition) is 2. The van der Waals surface area contributed by atoms with Crippen LogP contribution in [0.1, 0.15) is 11.1 Å². The van der Waals surface area contributed by atoms with Gasteiger partial charge in [-0.05, 0) is 11.1 Å². The van der Waals surface area contributed by atoms with Gasteiger partial charge in [0.25, 0.3) is 0 Å². The van der Waals surface area contributed by atoms with Crippen molar-refractivity contribution in [3.63, 3.8) is 0 Å². The van der Waals surface area contributed by atoms with Crippen LogP contribution in [0.25, 0.3) is 6.08 Å². The van der Waals surface area contributed by atoms with Crippen molar-refractivity contribution >= 4 is 6.08 Å². The highest BCUT2D eigenvalue weighted by atomic mass is 16.6. The molecule has 2 heteroatoms. The Labute approximate surface area is 83.8 Å². The Hall–Kier alpha value is -1.12. The second kappa shape index (κ2) is 3.56. The third-order valence-electron chi connectivity index (χ3n) is 2.63. The predicted molar refractivity (Wildman–Crippen MR) is 56.0 cm³/mol. The zero-order chi connectivity index (χ0) is 10.0. The van der Waals surface area contributed by atoms with Gasteiger partial charge >= 0.3 is 0 Å². The second-order valence-corrected chi connectivity index (χ2v) is 3.71. The number of epoxide rings is 1. The molecule has 1 aromatic rings. The summed E-state index contributed by atoms with van der Waals surface area (Å²) >= 11 is 0. The summed E-state index contributed by atoms with van der Waals surface area (Å²) in [6, 6.07) is 8.06. The van der Waals surface area contributed by atoms with Crippen LogP contribution in [0.3, 0.4) is 0 Å². The van der Waals surface area contributed by atoms with E-state index < -0.39 is 0 Å². The topological polar surface area (TPSA) is 32.8 Å². The van der Waals surface area contributed by atoms with E-state index in [0.717, 1.165) is 12.0 Å². The minimum absolute atomic E-state index is 0.0957. The highest BCUT2D eigenvalue weighted by molar-refractivity contribution is 5.52. The molecule has 1 aliphatic heterocycles. The zero-order valence-corrected chi connectivity index (χ0v) is 8.07. The molecule has 1 fully saturated rings. The lowest BCUT2D eigenvalue weighted by Gasteiger charge is -2.10. The van der Waals surface area contributed by atoms with Gasteiger partial charge in [0.2, 0.25) is 0 Å². The summed E-state index contributed by atoms with van der Waals surface area (Å²) in [7, 11) is 0. The minimum Gasteiger partial charge on any atom is -0.393 e. The van der Waals surface area contributed by atoms with Crippen LogP contribution in [0, 0.1) is 0 Å². The van der Waals surface area contributed by atoms with Crippen LogP contribution in [0.2, 0.25) is 0 Å². The fraction of sp³-hybridized carbons (Fsp3) is 0.333. The van der Waals surface area contributed by atoms with Gasteiger partial charge in [0, 0.05) is 6.42 Å². The monoisotopic (exact) mass is 190 g/mol. The van der Waals surface area contributed by atoms with Gasteiger partial charge in [-0.15, -0.1) is 0 Å².